The fraction of sp³-hybridized carbons (Fsp3) is 0.571. The summed E-state index contributed by atoms with van der Waals surface area (Å²) in [5, 5.41) is 19.1. The molecule has 0 fully saturated rings. The van der Waals surface area contributed by atoms with Crippen molar-refractivity contribution >= 4 is 11.9 Å². The maximum absolute atomic E-state index is 6.86. The molecule has 0 saturated heterocycles. The normalized spacial score (nSPS) is 9.23. The third-order valence-electron chi connectivity index (χ3n) is 1.33. The minimum absolute atomic E-state index is 0.00439. The summed E-state index contributed by atoms with van der Waals surface area (Å²) < 4.78 is 0. The van der Waals surface area contributed by atoms with Crippen LogP contribution in [0.2, 0.25) is 0 Å². The van der Waals surface area contributed by atoms with Crippen molar-refractivity contribution in [3.63, 3.8) is 0 Å². The Hall–Kier alpha value is -1.46. The van der Waals surface area contributed by atoms with Crippen molar-refractivity contribution in [1.29, 1.82) is 10.8 Å². The van der Waals surface area contributed by atoms with Crippen molar-refractivity contribution in [1.82, 2.24) is 10.6 Å². The van der Waals surface area contributed by atoms with E-state index in [4.69, 9.17) is 22.3 Å². The molecule has 6 heteroatoms. The molecule has 0 aromatic heterocycles. The highest BCUT2D eigenvalue weighted by atomic mass is 15.0. The first kappa shape index (κ1) is 11.5. The number of nitrogens with one attached hydrogen (secondary N) is 4. The summed E-state index contributed by atoms with van der Waals surface area (Å²) in [6, 6.07) is 0. The average molecular weight is 185 g/mol. The van der Waals surface area contributed by atoms with Crippen LogP contribution in [0.5, 0.6) is 0 Å². The third-order valence-corrected chi connectivity index (χ3v) is 1.33. The molecule has 13 heavy (non-hydrogen) atoms. The molecule has 0 aliphatic rings. The second-order valence-electron chi connectivity index (χ2n) is 2.55. The van der Waals surface area contributed by atoms with Crippen LogP contribution >= 0.6 is 0 Å². The fourth-order valence-electron chi connectivity index (χ4n) is 0.762. The Labute approximate surface area is 78.1 Å². The Morgan fingerprint density at radius 1 is 1.00 bits per heavy atom. The number of hydrogen-bond acceptors (Lipinski definition) is 2. The topological polar surface area (TPSA) is 124 Å². The van der Waals surface area contributed by atoms with Crippen LogP contribution in [0.25, 0.3) is 0 Å². The summed E-state index contributed by atoms with van der Waals surface area (Å²) in [6.07, 6.45) is 3.74. The molecule has 0 aliphatic carbocycles. The molecule has 0 atom stereocenters. The van der Waals surface area contributed by atoms with E-state index >= 15 is 0 Å². The van der Waals surface area contributed by atoms with Crippen molar-refractivity contribution in [2.24, 2.45) is 11.5 Å². The maximum Gasteiger partial charge on any atom is 0.185 e. The highest BCUT2D eigenvalue weighted by Crippen LogP contribution is 1.89. The van der Waals surface area contributed by atoms with E-state index in [0.29, 0.717) is 13.1 Å². The average Bonchev–Trinajstić information content (AvgIpc) is 2.01. The zero-order valence-corrected chi connectivity index (χ0v) is 7.56. The summed E-state index contributed by atoms with van der Waals surface area (Å²) in [5.41, 5.74) is 10.1. The van der Waals surface area contributed by atoms with Crippen molar-refractivity contribution in [3.05, 3.63) is 6.42 Å². The molecule has 0 unspecified atom stereocenters. The molecular weight excluding hydrogens is 168 g/mol. The first-order chi connectivity index (χ1) is 6.13. The van der Waals surface area contributed by atoms with Gasteiger partial charge in [0.25, 0.3) is 0 Å². The number of unbranched alkanes of at least 4 members (excludes halogenated alkanes) is 2. The predicted octanol–water partition coefficient (Wildman–Crippen LogP) is -1.06. The predicted molar refractivity (Wildman–Crippen MR) is 53.4 cm³/mol. The summed E-state index contributed by atoms with van der Waals surface area (Å²) >= 11 is 0. The zero-order chi connectivity index (χ0) is 10.1. The molecule has 0 amide bonds. The molecule has 0 aliphatic heterocycles. The molecule has 75 valence electrons. The summed E-state index contributed by atoms with van der Waals surface area (Å²) in [4.78, 5) is 0. The highest BCUT2D eigenvalue weighted by molar-refractivity contribution is 5.74. The first-order valence-electron chi connectivity index (χ1n) is 4.10. The highest BCUT2D eigenvalue weighted by Gasteiger charge is 1.91. The van der Waals surface area contributed by atoms with E-state index < -0.39 is 0 Å². The molecule has 0 saturated carbocycles. The lowest BCUT2D eigenvalue weighted by atomic mass is 10.2. The molecular formula is C7H17N6. The van der Waals surface area contributed by atoms with Crippen molar-refractivity contribution in [3.8, 4) is 0 Å². The van der Waals surface area contributed by atoms with Gasteiger partial charge in [-0.2, -0.15) is 0 Å². The van der Waals surface area contributed by atoms with Crippen LogP contribution in [0.3, 0.4) is 0 Å². The van der Waals surface area contributed by atoms with Crippen molar-refractivity contribution in [2.45, 2.75) is 12.8 Å². The van der Waals surface area contributed by atoms with Crippen LogP contribution in [-0.4, -0.2) is 25.0 Å². The van der Waals surface area contributed by atoms with Crippen LogP contribution in [0.15, 0.2) is 0 Å². The standard InChI is InChI=1S/C7H17N6/c8-6(9)12-4-2-1-3-5-13-7(10)11/h1H,2-5H2,(H4,8,9,12)(H4,10,11,13). The molecule has 0 rings (SSSR count). The molecule has 1 radical (unpaired) electrons. The van der Waals surface area contributed by atoms with Gasteiger partial charge in [0.1, 0.15) is 0 Å². The monoisotopic (exact) mass is 185 g/mol. The number of rotatable bonds is 6. The molecule has 0 heterocycles. The van der Waals surface area contributed by atoms with Crippen LogP contribution < -0.4 is 22.1 Å². The second-order valence-corrected chi connectivity index (χ2v) is 2.55. The van der Waals surface area contributed by atoms with Gasteiger partial charge in [0.2, 0.25) is 0 Å². The van der Waals surface area contributed by atoms with Crippen LogP contribution in [0, 0.1) is 17.2 Å². The van der Waals surface area contributed by atoms with Crippen molar-refractivity contribution < 1.29 is 0 Å². The lowest BCUT2D eigenvalue weighted by Crippen LogP contribution is -2.32. The van der Waals surface area contributed by atoms with E-state index in [-0.39, 0.29) is 11.9 Å². The van der Waals surface area contributed by atoms with Gasteiger partial charge in [-0.05, 0) is 19.3 Å². The number of guanidine groups is 2. The van der Waals surface area contributed by atoms with Gasteiger partial charge in [0.05, 0.1) is 0 Å². The quantitative estimate of drug-likeness (QED) is 0.179. The smallest absolute Gasteiger partial charge is 0.185 e. The van der Waals surface area contributed by atoms with E-state index in [1.165, 1.54) is 0 Å². The van der Waals surface area contributed by atoms with Crippen LogP contribution in [-0.2, 0) is 0 Å². The Balaban J connectivity index is 3.00. The van der Waals surface area contributed by atoms with Gasteiger partial charge in [-0.3, -0.25) is 10.8 Å². The maximum atomic E-state index is 6.86. The fourth-order valence-corrected chi connectivity index (χ4v) is 0.762. The van der Waals surface area contributed by atoms with Crippen LogP contribution in [0.4, 0.5) is 0 Å². The largest absolute Gasteiger partial charge is 0.370 e. The zero-order valence-electron chi connectivity index (χ0n) is 7.56. The van der Waals surface area contributed by atoms with E-state index in [2.05, 4.69) is 10.6 Å². The minimum atomic E-state index is -0.00439. The molecule has 0 spiro atoms. The molecule has 8 N–H and O–H groups in total. The lowest BCUT2D eigenvalue weighted by molar-refractivity contribution is 0.763. The van der Waals surface area contributed by atoms with Gasteiger partial charge in [-0.25, -0.2) is 0 Å². The second kappa shape index (κ2) is 7.20. The Morgan fingerprint density at radius 2 is 1.38 bits per heavy atom. The summed E-state index contributed by atoms with van der Waals surface area (Å²) in [6.45, 7) is 1.35. The van der Waals surface area contributed by atoms with Gasteiger partial charge in [0, 0.05) is 13.1 Å². The van der Waals surface area contributed by atoms with E-state index in [1.54, 1.807) is 0 Å². The summed E-state index contributed by atoms with van der Waals surface area (Å²) in [5.74, 6) is -0.00878. The van der Waals surface area contributed by atoms with Crippen LogP contribution in [0.1, 0.15) is 12.8 Å². The van der Waals surface area contributed by atoms with E-state index in [1.807, 2.05) is 6.42 Å². The lowest BCUT2D eigenvalue weighted by Gasteiger charge is -2.04. The van der Waals surface area contributed by atoms with Gasteiger partial charge in [-0.15, -0.1) is 0 Å². The summed E-state index contributed by atoms with van der Waals surface area (Å²) in [7, 11) is 0. The van der Waals surface area contributed by atoms with Gasteiger partial charge in [-0.1, -0.05) is 0 Å². The Morgan fingerprint density at radius 3 is 1.69 bits per heavy atom. The molecule has 0 aromatic rings. The number of hydrogen-bond donors (Lipinski definition) is 6. The van der Waals surface area contributed by atoms with E-state index in [0.717, 1.165) is 12.8 Å². The van der Waals surface area contributed by atoms with Gasteiger partial charge >= 0.3 is 0 Å². The third kappa shape index (κ3) is 10.5. The number of nitrogens with two attached hydrogens (primary N) is 2. The van der Waals surface area contributed by atoms with Gasteiger partial charge < -0.3 is 22.1 Å². The van der Waals surface area contributed by atoms with E-state index in [9.17, 15) is 0 Å². The molecule has 0 aromatic carbocycles. The van der Waals surface area contributed by atoms with Gasteiger partial charge in [0.15, 0.2) is 11.9 Å². The first-order valence-corrected chi connectivity index (χ1v) is 4.10. The minimum Gasteiger partial charge on any atom is -0.370 e. The molecule has 0 bridgehead atoms. The SMILES string of the molecule is N=C(N)NCC[CH]CCNC(=N)N. The Bertz CT molecular complexity index is 148. The molecule has 6 nitrogen and oxygen atoms in total. The Kier molecular flexibility index (Phi) is 6.39. The van der Waals surface area contributed by atoms with Crippen molar-refractivity contribution in [2.75, 3.05) is 13.1 Å².